The summed E-state index contributed by atoms with van der Waals surface area (Å²) in [5.74, 6) is 1.74. The smallest absolute Gasteiger partial charge is 0.123 e. The number of rotatable bonds is 6. The largest absolute Gasteiger partial charge is 0.497 e. The molecule has 1 aliphatic rings. The highest BCUT2D eigenvalue weighted by molar-refractivity contribution is 5.42. The molecule has 3 heteroatoms. The molecule has 0 saturated heterocycles. The average Bonchev–Trinajstić information content (AvgIpc) is 3.08. The fourth-order valence-electron chi connectivity index (χ4n) is 3.60. The van der Waals surface area contributed by atoms with E-state index in [1.807, 2.05) is 18.2 Å². The zero-order chi connectivity index (χ0) is 17.1. The molecule has 0 saturated carbocycles. The summed E-state index contributed by atoms with van der Waals surface area (Å²) in [6.45, 7) is 4.39. The standard InChI is InChI=1S/C21H27NO2/c1-14(17-9-8-16-6-5-7-18(16)12-17)22-15(2)20-13-19(23-3)10-11-21(20)24-4/h8-15,22H,5-7H2,1-4H3. The summed E-state index contributed by atoms with van der Waals surface area (Å²) in [6, 6.07) is 13.3. The summed E-state index contributed by atoms with van der Waals surface area (Å²) in [6.07, 6.45) is 3.74. The summed E-state index contributed by atoms with van der Waals surface area (Å²) in [7, 11) is 3.40. The van der Waals surface area contributed by atoms with Crippen LogP contribution in [0.5, 0.6) is 11.5 Å². The quantitative estimate of drug-likeness (QED) is 0.841. The van der Waals surface area contributed by atoms with E-state index in [1.54, 1.807) is 14.2 Å². The van der Waals surface area contributed by atoms with Gasteiger partial charge < -0.3 is 14.8 Å². The lowest BCUT2D eigenvalue weighted by atomic mass is 10.00. The summed E-state index contributed by atoms with van der Waals surface area (Å²) >= 11 is 0. The van der Waals surface area contributed by atoms with Crippen molar-refractivity contribution in [2.24, 2.45) is 0 Å². The van der Waals surface area contributed by atoms with Crippen molar-refractivity contribution in [1.29, 1.82) is 0 Å². The van der Waals surface area contributed by atoms with Crippen molar-refractivity contribution in [3.8, 4) is 11.5 Å². The summed E-state index contributed by atoms with van der Waals surface area (Å²) < 4.78 is 10.9. The molecule has 0 fully saturated rings. The Balaban J connectivity index is 1.77. The maximum absolute atomic E-state index is 5.52. The van der Waals surface area contributed by atoms with E-state index in [0.29, 0.717) is 0 Å². The van der Waals surface area contributed by atoms with Gasteiger partial charge in [0.1, 0.15) is 11.5 Å². The first kappa shape index (κ1) is 16.8. The molecule has 1 aliphatic carbocycles. The topological polar surface area (TPSA) is 30.5 Å². The Bertz CT molecular complexity index is 711. The van der Waals surface area contributed by atoms with Crippen molar-refractivity contribution in [2.75, 3.05) is 14.2 Å². The van der Waals surface area contributed by atoms with Crippen LogP contribution in [-0.2, 0) is 12.8 Å². The first-order chi connectivity index (χ1) is 11.6. The molecule has 128 valence electrons. The van der Waals surface area contributed by atoms with Gasteiger partial charge in [-0.3, -0.25) is 0 Å². The van der Waals surface area contributed by atoms with Crippen LogP contribution in [0.2, 0.25) is 0 Å². The minimum Gasteiger partial charge on any atom is -0.497 e. The first-order valence-corrected chi connectivity index (χ1v) is 8.72. The second kappa shape index (κ2) is 7.27. The Kier molecular flexibility index (Phi) is 5.10. The number of benzene rings is 2. The van der Waals surface area contributed by atoms with Crippen molar-refractivity contribution in [1.82, 2.24) is 5.32 Å². The molecule has 0 aliphatic heterocycles. The van der Waals surface area contributed by atoms with Crippen molar-refractivity contribution in [3.63, 3.8) is 0 Å². The van der Waals surface area contributed by atoms with Crippen LogP contribution in [0.15, 0.2) is 36.4 Å². The van der Waals surface area contributed by atoms with E-state index in [-0.39, 0.29) is 12.1 Å². The molecule has 3 nitrogen and oxygen atoms in total. The number of hydrogen-bond donors (Lipinski definition) is 1. The van der Waals surface area contributed by atoms with Gasteiger partial charge in [-0.15, -0.1) is 0 Å². The minimum absolute atomic E-state index is 0.165. The molecule has 2 atom stereocenters. The zero-order valence-electron chi connectivity index (χ0n) is 15.1. The van der Waals surface area contributed by atoms with Gasteiger partial charge in [-0.1, -0.05) is 18.2 Å². The van der Waals surface area contributed by atoms with E-state index in [1.165, 1.54) is 36.0 Å². The fourth-order valence-corrected chi connectivity index (χ4v) is 3.60. The molecule has 0 aromatic heterocycles. The number of aryl methyl sites for hydroxylation is 2. The van der Waals surface area contributed by atoms with Crippen LogP contribution in [0.4, 0.5) is 0 Å². The molecule has 0 amide bonds. The maximum atomic E-state index is 5.52. The number of fused-ring (bicyclic) bond motifs is 1. The van der Waals surface area contributed by atoms with Gasteiger partial charge in [-0.25, -0.2) is 0 Å². The predicted molar refractivity (Wildman–Crippen MR) is 98.0 cm³/mol. The number of ether oxygens (including phenoxy) is 2. The van der Waals surface area contributed by atoms with Crippen molar-refractivity contribution in [3.05, 3.63) is 58.7 Å². The summed E-state index contributed by atoms with van der Waals surface area (Å²) in [5.41, 5.74) is 5.51. The third kappa shape index (κ3) is 3.41. The van der Waals surface area contributed by atoms with Gasteiger partial charge in [0.25, 0.3) is 0 Å². The summed E-state index contributed by atoms with van der Waals surface area (Å²) in [5, 5.41) is 3.69. The van der Waals surface area contributed by atoms with E-state index in [0.717, 1.165) is 17.1 Å². The molecular formula is C21H27NO2. The van der Waals surface area contributed by atoms with Crippen molar-refractivity contribution >= 4 is 0 Å². The molecule has 2 unspecified atom stereocenters. The Morgan fingerprint density at radius 1 is 0.875 bits per heavy atom. The molecule has 2 aromatic rings. The van der Waals surface area contributed by atoms with Gasteiger partial charge in [-0.2, -0.15) is 0 Å². The van der Waals surface area contributed by atoms with Crippen LogP contribution in [0.25, 0.3) is 0 Å². The maximum Gasteiger partial charge on any atom is 0.123 e. The van der Waals surface area contributed by atoms with E-state index in [4.69, 9.17) is 9.47 Å². The Morgan fingerprint density at radius 3 is 2.42 bits per heavy atom. The van der Waals surface area contributed by atoms with Crippen LogP contribution in [0.3, 0.4) is 0 Å². The van der Waals surface area contributed by atoms with E-state index in [9.17, 15) is 0 Å². The highest BCUT2D eigenvalue weighted by Crippen LogP contribution is 2.31. The van der Waals surface area contributed by atoms with Crippen LogP contribution in [0, 0.1) is 0 Å². The molecule has 0 spiro atoms. The number of hydrogen-bond acceptors (Lipinski definition) is 3. The number of methoxy groups -OCH3 is 2. The average molecular weight is 325 g/mol. The van der Waals surface area contributed by atoms with E-state index >= 15 is 0 Å². The summed E-state index contributed by atoms with van der Waals surface area (Å²) in [4.78, 5) is 0. The van der Waals surface area contributed by atoms with Gasteiger partial charge >= 0.3 is 0 Å². The van der Waals surface area contributed by atoms with Crippen LogP contribution in [0.1, 0.15) is 54.6 Å². The second-order valence-corrected chi connectivity index (χ2v) is 6.60. The Labute approximate surface area is 145 Å². The third-order valence-electron chi connectivity index (χ3n) is 5.03. The zero-order valence-corrected chi connectivity index (χ0v) is 15.1. The molecule has 3 rings (SSSR count). The lowest BCUT2D eigenvalue weighted by Gasteiger charge is -2.23. The van der Waals surface area contributed by atoms with Crippen LogP contribution >= 0.6 is 0 Å². The molecule has 0 bridgehead atoms. The van der Waals surface area contributed by atoms with E-state index in [2.05, 4.69) is 37.4 Å². The Morgan fingerprint density at radius 2 is 1.67 bits per heavy atom. The highest BCUT2D eigenvalue weighted by Gasteiger charge is 2.18. The van der Waals surface area contributed by atoms with Crippen molar-refractivity contribution in [2.45, 2.75) is 45.2 Å². The normalized spacial score (nSPS) is 15.7. The fraction of sp³-hybridized carbons (Fsp3) is 0.429. The van der Waals surface area contributed by atoms with Crippen LogP contribution in [-0.4, -0.2) is 14.2 Å². The van der Waals surface area contributed by atoms with E-state index < -0.39 is 0 Å². The van der Waals surface area contributed by atoms with Gasteiger partial charge in [0, 0.05) is 17.6 Å². The lowest BCUT2D eigenvalue weighted by Crippen LogP contribution is -2.23. The predicted octanol–water partition coefficient (Wildman–Crippen LogP) is 4.60. The van der Waals surface area contributed by atoms with Gasteiger partial charge in [0.05, 0.1) is 14.2 Å². The lowest BCUT2D eigenvalue weighted by molar-refractivity contribution is 0.387. The van der Waals surface area contributed by atoms with Gasteiger partial charge in [0.15, 0.2) is 0 Å². The van der Waals surface area contributed by atoms with Crippen molar-refractivity contribution < 1.29 is 9.47 Å². The Hall–Kier alpha value is -2.00. The molecule has 1 N–H and O–H groups in total. The van der Waals surface area contributed by atoms with Crippen LogP contribution < -0.4 is 14.8 Å². The molecule has 0 heterocycles. The molecule has 24 heavy (non-hydrogen) atoms. The minimum atomic E-state index is 0.165. The number of nitrogens with one attached hydrogen (secondary N) is 1. The highest BCUT2D eigenvalue weighted by atomic mass is 16.5. The third-order valence-corrected chi connectivity index (χ3v) is 5.03. The SMILES string of the molecule is COc1ccc(OC)c(C(C)NC(C)c2ccc3c(c2)CCC3)c1. The molecular weight excluding hydrogens is 298 g/mol. The molecule has 2 aromatic carbocycles. The molecule has 0 radical (unpaired) electrons. The van der Waals surface area contributed by atoms with Gasteiger partial charge in [-0.05, 0) is 68.0 Å². The first-order valence-electron chi connectivity index (χ1n) is 8.72. The second-order valence-electron chi connectivity index (χ2n) is 6.60. The van der Waals surface area contributed by atoms with Gasteiger partial charge in [0.2, 0.25) is 0 Å². The monoisotopic (exact) mass is 325 g/mol.